The van der Waals surface area contributed by atoms with Gasteiger partial charge in [-0.2, -0.15) is 0 Å². The largest absolute Gasteiger partial charge is 0.339 e. The van der Waals surface area contributed by atoms with Gasteiger partial charge in [-0.3, -0.25) is 4.79 Å². The standard InChI is InChI=1S/C20H28N2O.ClH/c1-13(19(21)17-5-3-2-4-6-17)20(23)22-12-16-8-14-7-15(9-16)11-18(22)10-14;/h2-6,13-16,18-19H,7-12,21H2,1H3;1H. The third-order valence-corrected chi connectivity index (χ3v) is 6.50. The lowest BCUT2D eigenvalue weighted by Crippen LogP contribution is -2.46. The summed E-state index contributed by atoms with van der Waals surface area (Å²) in [7, 11) is 0. The van der Waals surface area contributed by atoms with Gasteiger partial charge in [0, 0.05) is 18.6 Å². The maximum atomic E-state index is 13.2. The number of carbonyl (C=O) groups excluding carboxylic acids is 1. The van der Waals surface area contributed by atoms with E-state index in [1.54, 1.807) is 0 Å². The number of nitrogens with zero attached hydrogens (tertiary/aromatic N) is 1. The molecule has 0 spiro atoms. The van der Waals surface area contributed by atoms with E-state index in [1.807, 2.05) is 37.3 Å². The van der Waals surface area contributed by atoms with Gasteiger partial charge in [-0.25, -0.2) is 0 Å². The first kappa shape index (κ1) is 17.8. The molecule has 4 atom stereocenters. The zero-order chi connectivity index (χ0) is 16.0. The predicted octanol–water partition coefficient (Wildman–Crippen LogP) is 3.78. The molecule has 4 heteroatoms. The number of carbonyl (C=O) groups is 1. The van der Waals surface area contributed by atoms with Gasteiger partial charge in [0.2, 0.25) is 5.91 Å². The smallest absolute Gasteiger partial charge is 0.227 e. The minimum absolute atomic E-state index is 0. The van der Waals surface area contributed by atoms with Crippen molar-refractivity contribution in [3.05, 3.63) is 35.9 Å². The van der Waals surface area contributed by atoms with Crippen LogP contribution in [0.4, 0.5) is 0 Å². The Bertz CT molecular complexity index is 564. The molecular formula is C20H29ClN2O. The van der Waals surface area contributed by atoms with Crippen molar-refractivity contribution in [1.29, 1.82) is 0 Å². The van der Waals surface area contributed by atoms with Gasteiger partial charge in [0.05, 0.1) is 5.92 Å². The minimum atomic E-state index is -0.207. The number of hydrogen-bond acceptors (Lipinski definition) is 2. The van der Waals surface area contributed by atoms with Crippen molar-refractivity contribution in [3.8, 4) is 0 Å². The van der Waals surface area contributed by atoms with Crippen LogP contribution in [-0.2, 0) is 4.79 Å². The molecule has 2 heterocycles. The molecule has 5 rings (SSSR count). The number of benzene rings is 1. The molecule has 3 nitrogen and oxygen atoms in total. The van der Waals surface area contributed by atoms with Gasteiger partial charge < -0.3 is 10.6 Å². The molecular weight excluding hydrogens is 320 g/mol. The molecule has 1 aromatic rings. The highest BCUT2D eigenvalue weighted by Crippen LogP contribution is 2.47. The van der Waals surface area contributed by atoms with Crippen molar-refractivity contribution < 1.29 is 4.79 Å². The third-order valence-electron chi connectivity index (χ3n) is 6.50. The van der Waals surface area contributed by atoms with Crippen LogP contribution >= 0.6 is 12.4 Å². The summed E-state index contributed by atoms with van der Waals surface area (Å²) in [6.45, 7) is 2.98. The van der Waals surface area contributed by atoms with Crippen LogP contribution in [0.3, 0.4) is 0 Å². The number of nitrogens with two attached hydrogens (primary N) is 1. The van der Waals surface area contributed by atoms with Gasteiger partial charge in [-0.05, 0) is 55.4 Å². The van der Waals surface area contributed by atoms with Gasteiger partial charge >= 0.3 is 0 Å². The van der Waals surface area contributed by atoms with E-state index in [9.17, 15) is 4.79 Å². The molecule has 2 saturated carbocycles. The summed E-state index contributed by atoms with van der Waals surface area (Å²) in [6.07, 6.45) is 6.55. The number of amides is 1. The van der Waals surface area contributed by atoms with Crippen molar-refractivity contribution in [2.45, 2.75) is 51.1 Å². The lowest BCUT2D eigenvalue weighted by atomic mass is 9.68. The van der Waals surface area contributed by atoms with E-state index in [-0.39, 0.29) is 30.3 Å². The fraction of sp³-hybridized carbons (Fsp3) is 0.650. The number of rotatable bonds is 3. The third kappa shape index (κ3) is 3.21. The summed E-state index contributed by atoms with van der Waals surface area (Å²) in [5.41, 5.74) is 7.47. The normalized spacial score (nSPS) is 33.5. The van der Waals surface area contributed by atoms with Crippen LogP contribution in [0.5, 0.6) is 0 Å². The predicted molar refractivity (Wildman–Crippen MR) is 98.8 cm³/mol. The Morgan fingerprint density at radius 1 is 1.04 bits per heavy atom. The molecule has 2 saturated heterocycles. The summed E-state index contributed by atoms with van der Waals surface area (Å²) in [4.78, 5) is 15.4. The second kappa shape index (κ2) is 7.05. The summed E-state index contributed by atoms with van der Waals surface area (Å²) in [5, 5.41) is 0. The maximum absolute atomic E-state index is 13.2. The molecule has 0 aromatic heterocycles. The molecule has 0 radical (unpaired) electrons. The van der Waals surface area contributed by atoms with Crippen LogP contribution in [0, 0.1) is 23.7 Å². The average molecular weight is 349 g/mol. The second-order valence-electron chi connectivity index (χ2n) is 8.15. The topological polar surface area (TPSA) is 46.3 Å². The lowest BCUT2D eigenvalue weighted by molar-refractivity contribution is -0.138. The number of hydrogen-bond donors (Lipinski definition) is 1. The summed E-state index contributed by atoms with van der Waals surface area (Å²) >= 11 is 0. The fourth-order valence-corrected chi connectivity index (χ4v) is 5.43. The van der Waals surface area contributed by atoms with Gasteiger partial charge in [0.1, 0.15) is 0 Å². The van der Waals surface area contributed by atoms with Crippen LogP contribution in [0.15, 0.2) is 30.3 Å². The Labute approximate surface area is 151 Å². The molecule has 4 aliphatic rings. The van der Waals surface area contributed by atoms with Crippen molar-refractivity contribution in [2.24, 2.45) is 29.4 Å². The van der Waals surface area contributed by atoms with Crippen LogP contribution in [-0.4, -0.2) is 23.4 Å². The molecule has 132 valence electrons. The Morgan fingerprint density at radius 2 is 1.62 bits per heavy atom. The molecule has 2 N–H and O–H groups in total. The first-order valence-electron chi connectivity index (χ1n) is 9.22. The molecule has 24 heavy (non-hydrogen) atoms. The van der Waals surface area contributed by atoms with Crippen LogP contribution in [0.1, 0.15) is 50.6 Å². The first-order chi connectivity index (χ1) is 11.1. The van der Waals surface area contributed by atoms with E-state index in [0.717, 1.165) is 29.9 Å². The van der Waals surface area contributed by atoms with Gasteiger partial charge in [-0.1, -0.05) is 37.3 Å². The molecule has 2 aliphatic heterocycles. The zero-order valence-corrected chi connectivity index (χ0v) is 15.3. The van der Waals surface area contributed by atoms with Gasteiger partial charge in [-0.15, -0.1) is 12.4 Å². The van der Waals surface area contributed by atoms with Crippen LogP contribution < -0.4 is 5.73 Å². The Morgan fingerprint density at radius 3 is 2.25 bits per heavy atom. The molecule has 2 aliphatic carbocycles. The Hall–Kier alpha value is -1.06. The van der Waals surface area contributed by atoms with Crippen molar-refractivity contribution in [2.75, 3.05) is 6.54 Å². The van der Waals surface area contributed by atoms with Crippen molar-refractivity contribution >= 4 is 18.3 Å². The Kier molecular flexibility index (Phi) is 5.22. The van der Waals surface area contributed by atoms with Crippen molar-refractivity contribution in [1.82, 2.24) is 4.90 Å². The summed E-state index contributed by atoms with van der Waals surface area (Å²) in [5.74, 6) is 2.60. The molecule has 1 amide bonds. The molecule has 4 unspecified atom stereocenters. The van der Waals surface area contributed by atoms with E-state index in [1.165, 1.54) is 32.1 Å². The minimum Gasteiger partial charge on any atom is -0.339 e. The fourth-order valence-electron chi connectivity index (χ4n) is 5.43. The van der Waals surface area contributed by atoms with Gasteiger partial charge in [0.15, 0.2) is 0 Å². The highest BCUT2D eigenvalue weighted by Gasteiger charge is 2.45. The maximum Gasteiger partial charge on any atom is 0.227 e. The Balaban J connectivity index is 0.00000169. The molecule has 4 bridgehead atoms. The quantitative estimate of drug-likeness (QED) is 0.903. The number of fused-ring (bicyclic) bond motifs is 1. The van der Waals surface area contributed by atoms with E-state index in [2.05, 4.69) is 4.90 Å². The van der Waals surface area contributed by atoms with E-state index >= 15 is 0 Å². The zero-order valence-electron chi connectivity index (χ0n) is 14.4. The average Bonchev–Trinajstić information content (AvgIpc) is 2.77. The summed E-state index contributed by atoms with van der Waals surface area (Å²) < 4.78 is 0. The first-order valence-corrected chi connectivity index (χ1v) is 9.22. The van der Waals surface area contributed by atoms with Crippen LogP contribution in [0.2, 0.25) is 0 Å². The molecule has 1 aromatic carbocycles. The highest BCUT2D eigenvalue weighted by atomic mass is 35.5. The van der Waals surface area contributed by atoms with Crippen molar-refractivity contribution in [3.63, 3.8) is 0 Å². The van der Waals surface area contributed by atoms with E-state index in [4.69, 9.17) is 5.73 Å². The second-order valence-corrected chi connectivity index (χ2v) is 8.15. The van der Waals surface area contributed by atoms with E-state index < -0.39 is 0 Å². The van der Waals surface area contributed by atoms with Crippen LogP contribution in [0.25, 0.3) is 0 Å². The lowest BCUT2D eigenvalue weighted by Gasteiger charge is -2.39. The highest BCUT2D eigenvalue weighted by molar-refractivity contribution is 5.85. The van der Waals surface area contributed by atoms with E-state index in [0.29, 0.717) is 6.04 Å². The van der Waals surface area contributed by atoms with Gasteiger partial charge in [0.25, 0.3) is 0 Å². The number of halogens is 1. The summed E-state index contributed by atoms with van der Waals surface area (Å²) in [6, 6.07) is 10.3. The molecule has 4 fully saturated rings. The SMILES string of the molecule is CC(C(=O)N1CC2CC3CC(C2)CC1C3)C(N)c1ccccc1.Cl. The monoisotopic (exact) mass is 348 g/mol.